The molecule has 2 nitrogen and oxygen atoms in total. The Morgan fingerprint density at radius 1 is 0.882 bits per heavy atom. The lowest BCUT2D eigenvalue weighted by atomic mass is 10.0. The first-order chi connectivity index (χ1) is 8.27. The molecule has 2 heteroatoms. The minimum atomic E-state index is 0.250. The number of aliphatic hydroxyl groups is 1. The highest BCUT2D eigenvalue weighted by Crippen LogP contribution is 2.19. The van der Waals surface area contributed by atoms with Gasteiger partial charge in [-0.2, -0.15) is 0 Å². The predicted octanol–water partition coefficient (Wildman–Crippen LogP) is 2.98. The Hall–Kier alpha value is -1.80. The third kappa shape index (κ3) is 4.70. The van der Waals surface area contributed by atoms with Crippen LogP contribution in [0.4, 0.5) is 0 Å². The van der Waals surface area contributed by atoms with E-state index in [9.17, 15) is 5.11 Å². The standard InChI is InChI=1S/C13H12O.C2H6O/c14-13-9-5-4-8-12(13)10-11-6-2-1-3-7-11;1-2-3/h1-9,14H,10H2;3H,2H2,1H3. The van der Waals surface area contributed by atoms with Crippen LogP contribution in [0.25, 0.3) is 0 Å². The molecule has 0 aliphatic rings. The normalized spacial score (nSPS) is 9.29. The number of aromatic hydroxyl groups is 1. The topological polar surface area (TPSA) is 40.5 Å². The number of aliphatic hydroxyl groups excluding tert-OH is 1. The smallest absolute Gasteiger partial charge is 0.119 e. The van der Waals surface area contributed by atoms with E-state index in [0.29, 0.717) is 5.75 Å². The monoisotopic (exact) mass is 230 g/mol. The molecule has 0 unspecified atom stereocenters. The Kier molecular flexibility index (Phi) is 5.83. The summed E-state index contributed by atoms with van der Waals surface area (Å²) in [5.74, 6) is 0.372. The Bertz CT molecular complexity index is 424. The SMILES string of the molecule is CCO.Oc1ccccc1Cc1ccccc1. The molecule has 0 saturated carbocycles. The zero-order chi connectivity index (χ0) is 12.5. The Balaban J connectivity index is 0.000000437. The van der Waals surface area contributed by atoms with Crippen LogP contribution in [0.5, 0.6) is 5.75 Å². The first kappa shape index (κ1) is 13.3. The van der Waals surface area contributed by atoms with Crippen LogP contribution in [0.2, 0.25) is 0 Å². The van der Waals surface area contributed by atoms with E-state index in [1.54, 1.807) is 13.0 Å². The molecule has 0 radical (unpaired) electrons. The summed E-state index contributed by atoms with van der Waals surface area (Å²) in [4.78, 5) is 0. The highest BCUT2D eigenvalue weighted by molar-refractivity contribution is 5.36. The van der Waals surface area contributed by atoms with Crippen molar-refractivity contribution in [3.05, 3.63) is 65.7 Å². The number of hydrogen-bond donors (Lipinski definition) is 2. The molecule has 0 atom stereocenters. The van der Waals surface area contributed by atoms with Crippen molar-refractivity contribution >= 4 is 0 Å². The van der Waals surface area contributed by atoms with Crippen LogP contribution in [0, 0.1) is 0 Å². The van der Waals surface area contributed by atoms with Gasteiger partial charge in [0.1, 0.15) is 5.75 Å². The summed E-state index contributed by atoms with van der Waals surface area (Å²) in [6.45, 7) is 1.93. The van der Waals surface area contributed by atoms with E-state index in [4.69, 9.17) is 5.11 Å². The predicted molar refractivity (Wildman–Crippen MR) is 70.1 cm³/mol. The second-order valence-electron chi connectivity index (χ2n) is 3.61. The van der Waals surface area contributed by atoms with Crippen LogP contribution in [0.15, 0.2) is 54.6 Å². The molecule has 17 heavy (non-hydrogen) atoms. The molecule has 0 amide bonds. The maximum Gasteiger partial charge on any atom is 0.119 e. The van der Waals surface area contributed by atoms with Gasteiger partial charge in [-0.05, 0) is 24.1 Å². The lowest BCUT2D eigenvalue weighted by molar-refractivity contribution is 0.318. The summed E-state index contributed by atoms with van der Waals surface area (Å²) in [6, 6.07) is 17.6. The van der Waals surface area contributed by atoms with Crippen molar-refractivity contribution in [1.29, 1.82) is 0 Å². The summed E-state index contributed by atoms with van der Waals surface area (Å²) in [5.41, 5.74) is 2.19. The van der Waals surface area contributed by atoms with E-state index >= 15 is 0 Å². The molecule has 2 rings (SSSR count). The van der Waals surface area contributed by atoms with Crippen molar-refractivity contribution in [2.45, 2.75) is 13.3 Å². The molecular formula is C15H18O2. The molecule has 2 N–H and O–H groups in total. The first-order valence-corrected chi connectivity index (χ1v) is 5.69. The second-order valence-corrected chi connectivity index (χ2v) is 3.61. The van der Waals surface area contributed by atoms with E-state index in [-0.39, 0.29) is 6.61 Å². The van der Waals surface area contributed by atoms with Gasteiger partial charge < -0.3 is 10.2 Å². The van der Waals surface area contributed by atoms with Gasteiger partial charge >= 0.3 is 0 Å². The van der Waals surface area contributed by atoms with Crippen molar-refractivity contribution in [2.24, 2.45) is 0 Å². The van der Waals surface area contributed by atoms with Crippen LogP contribution >= 0.6 is 0 Å². The molecule has 0 spiro atoms. The Labute approximate surface area is 102 Å². The van der Waals surface area contributed by atoms with Crippen LogP contribution in [0.3, 0.4) is 0 Å². The van der Waals surface area contributed by atoms with Crippen molar-refractivity contribution in [1.82, 2.24) is 0 Å². The summed E-state index contributed by atoms with van der Waals surface area (Å²) in [7, 11) is 0. The van der Waals surface area contributed by atoms with Crippen LogP contribution in [-0.4, -0.2) is 16.8 Å². The van der Waals surface area contributed by atoms with Crippen molar-refractivity contribution in [3.8, 4) is 5.75 Å². The fraction of sp³-hybridized carbons (Fsp3) is 0.200. The van der Waals surface area contributed by atoms with Crippen LogP contribution in [-0.2, 0) is 6.42 Å². The number of rotatable bonds is 2. The van der Waals surface area contributed by atoms with E-state index in [0.717, 1.165) is 12.0 Å². The first-order valence-electron chi connectivity index (χ1n) is 5.69. The molecule has 0 fully saturated rings. The average molecular weight is 230 g/mol. The molecule has 0 bridgehead atoms. The van der Waals surface area contributed by atoms with Gasteiger partial charge in [-0.15, -0.1) is 0 Å². The number of phenols is 1. The zero-order valence-corrected chi connectivity index (χ0v) is 10.0. The molecular weight excluding hydrogens is 212 g/mol. The maximum absolute atomic E-state index is 9.57. The lowest BCUT2D eigenvalue weighted by Crippen LogP contribution is -1.87. The quantitative estimate of drug-likeness (QED) is 0.832. The van der Waals surface area contributed by atoms with Crippen LogP contribution in [0.1, 0.15) is 18.1 Å². The molecule has 90 valence electrons. The fourth-order valence-corrected chi connectivity index (χ4v) is 1.48. The molecule has 0 saturated heterocycles. The third-order valence-electron chi connectivity index (χ3n) is 2.23. The number of hydrogen-bond acceptors (Lipinski definition) is 2. The Morgan fingerprint density at radius 2 is 1.41 bits per heavy atom. The van der Waals surface area contributed by atoms with Gasteiger partial charge in [-0.1, -0.05) is 48.5 Å². The summed E-state index contributed by atoms with van der Waals surface area (Å²) in [5, 5.41) is 17.1. The average Bonchev–Trinajstić information content (AvgIpc) is 2.35. The van der Waals surface area contributed by atoms with Crippen molar-refractivity contribution < 1.29 is 10.2 Å². The highest BCUT2D eigenvalue weighted by Gasteiger charge is 1.99. The minimum absolute atomic E-state index is 0.250. The van der Waals surface area contributed by atoms with Crippen molar-refractivity contribution in [3.63, 3.8) is 0 Å². The number of para-hydroxylation sites is 1. The summed E-state index contributed by atoms with van der Waals surface area (Å²) < 4.78 is 0. The molecule has 0 aromatic heterocycles. The lowest BCUT2D eigenvalue weighted by Gasteiger charge is -2.03. The van der Waals surface area contributed by atoms with Gasteiger partial charge in [0.2, 0.25) is 0 Å². The van der Waals surface area contributed by atoms with E-state index in [1.165, 1.54) is 5.56 Å². The van der Waals surface area contributed by atoms with Crippen molar-refractivity contribution in [2.75, 3.05) is 6.61 Å². The van der Waals surface area contributed by atoms with Crippen LogP contribution < -0.4 is 0 Å². The summed E-state index contributed by atoms with van der Waals surface area (Å²) >= 11 is 0. The second kappa shape index (κ2) is 7.47. The Morgan fingerprint density at radius 3 is 2.00 bits per heavy atom. The number of benzene rings is 2. The third-order valence-corrected chi connectivity index (χ3v) is 2.23. The molecule has 0 heterocycles. The van der Waals surface area contributed by atoms with Gasteiger partial charge in [-0.3, -0.25) is 0 Å². The number of phenolic OH excluding ortho intramolecular Hbond substituents is 1. The molecule has 0 aliphatic heterocycles. The van der Waals surface area contributed by atoms with Gasteiger partial charge in [0.15, 0.2) is 0 Å². The molecule has 2 aromatic rings. The van der Waals surface area contributed by atoms with E-state index in [2.05, 4.69) is 12.1 Å². The fourth-order valence-electron chi connectivity index (χ4n) is 1.48. The largest absolute Gasteiger partial charge is 0.508 e. The van der Waals surface area contributed by atoms with Gasteiger partial charge in [0.25, 0.3) is 0 Å². The molecule has 0 aliphatic carbocycles. The van der Waals surface area contributed by atoms with Gasteiger partial charge in [-0.25, -0.2) is 0 Å². The maximum atomic E-state index is 9.57. The van der Waals surface area contributed by atoms with E-state index < -0.39 is 0 Å². The minimum Gasteiger partial charge on any atom is -0.508 e. The summed E-state index contributed by atoms with van der Waals surface area (Å²) in [6.07, 6.45) is 0.785. The van der Waals surface area contributed by atoms with E-state index in [1.807, 2.05) is 36.4 Å². The van der Waals surface area contributed by atoms with Gasteiger partial charge in [0.05, 0.1) is 0 Å². The zero-order valence-electron chi connectivity index (χ0n) is 10.0. The highest BCUT2D eigenvalue weighted by atomic mass is 16.3. The molecule has 2 aromatic carbocycles. The van der Waals surface area contributed by atoms with Gasteiger partial charge in [0, 0.05) is 13.0 Å².